The predicted octanol–water partition coefficient (Wildman–Crippen LogP) is 3.57. The quantitative estimate of drug-likeness (QED) is 0.843. The zero-order valence-corrected chi connectivity index (χ0v) is 14.9. The zero-order valence-electron chi connectivity index (χ0n) is 14.1. The molecule has 0 aliphatic rings. The molecule has 0 aromatic carbocycles. The minimum atomic E-state index is -0.0570. The summed E-state index contributed by atoms with van der Waals surface area (Å²) < 4.78 is 5.31. The first kappa shape index (κ1) is 16.8. The third kappa shape index (κ3) is 4.01. The average Bonchev–Trinajstić information content (AvgIpc) is 2.94. The Kier molecular flexibility index (Phi) is 5.13. The first-order valence-corrected chi connectivity index (χ1v) is 8.21. The highest BCUT2D eigenvalue weighted by molar-refractivity contribution is 7.09. The van der Waals surface area contributed by atoms with E-state index in [-0.39, 0.29) is 11.5 Å². The molecule has 120 valence electrons. The van der Waals surface area contributed by atoms with Crippen molar-refractivity contribution in [3.8, 4) is 0 Å². The minimum absolute atomic E-state index is 0.0376. The SMILES string of the molecule is COC(C)c1nc(CN(C)c2ccnc(C(C)(C)C)n2)cs1. The normalized spacial score (nSPS) is 13.2. The second-order valence-corrected chi connectivity index (χ2v) is 7.29. The summed E-state index contributed by atoms with van der Waals surface area (Å²) in [5, 5.41) is 3.08. The van der Waals surface area contributed by atoms with Gasteiger partial charge in [0, 0.05) is 31.1 Å². The van der Waals surface area contributed by atoms with Crippen LogP contribution in [0.4, 0.5) is 5.82 Å². The van der Waals surface area contributed by atoms with Crippen LogP contribution in [-0.4, -0.2) is 29.1 Å². The molecule has 22 heavy (non-hydrogen) atoms. The second kappa shape index (κ2) is 6.71. The lowest BCUT2D eigenvalue weighted by atomic mass is 9.96. The monoisotopic (exact) mass is 320 g/mol. The van der Waals surface area contributed by atoms with E-state index in [4.69, 9.17) is 4.74 Å². The number of ether oxygens (including phenoxy) is 1. The summed E-state index contributed by atoms with van der Waals surface area (Å²) in [4.78, 5) is 15.8. The van der Waals surface area contributed by atoms with Gasteiger partial charge < -0.3 is 9.64 Å². The summed E-state index contributed by atoms with van der Waals surface area (Å²) in [6, 6.07) is 1.93. The fraction of sp³-hybridized carbons (Fsp3) is 0.562. The molecule has 5 nitrogen and oxygen atoms in total. The van der Waals surface area contributed by atoms with Crippen molar-refractivity contribution >= 4 is 17.2 Å². The smallest absolute Gasteiger partial charge is 0.135 e. The Hall–Kier alpha value is -1.53. The number of rotatable bonds is 5. The molecule has 0 fully saturated rings. The van der Waals surface area contributed by atoms with Crippen molar-refractivity contribution in [2.24, 2.45) is 0 Å². The highest BCUT2D eigenvalue weighted by atomic mass is 32.1. The van der Waals surface area contributed by atoms with Crippen molar-refractivity contribution in [3.05, 3.63) is 34.2 Å². The summed E-state index contributed by atoms with van der Waals surface area (Å²) in [5.41, 5.74) is 0.973. The lowest BCUT2D eigenvalue weighted by Crippen LogP contribution is -2.22. The standard InChI is InChI=1S/C16H24N4OS/c1-11(21-6)14-18-12(10-22-14)9-20(5)13-7-8-17-15(19-13)16(2,3)4/h7-8,10-11H,9H2,1-6H3. The molecule has 0 radical (unpaired) electrons. The van der Waals surface area contributed by atoms with Crippen LogP contribution in [0, 0.1) is 0 Å². The van der Waals surface area contributed by atoms with Gasteiger partial charge in [-0.05, 0) is 13.0 Å². The van der Waals surface area contributed by atoms with E-state index in [1.165, 1.54) is 0 Å². The molecule has 0 saturated heterocycles. The molecule has 0 N–H and O–H groups in total. The number of anilines is 1. The number of nitrogens with zero attached hydrogens (tertiary/aromatic N) is 4. The molecule has 0 amide bonds. The van der Waals surface area contributed by atoms with Crippen LogP contribution in [0.25, 0.3) is 0 Å². The lowest BCUT2D eigenvalue weighted by molar-refractivity contribution is 0.119. The largest absolute Gasteiger partial charge is 0.375 e. The molecule has 2 heterocycles. The first-order chi connectivity index (χ1) is 10.3. The molecular formula is C16H24N4OS. The van der Waals surface area contributed by atoms with Crippen LogP contribution >= 0.6 is 11.3 Å². The van der Waals surface area contributed by atoms with E-state index < -0.39 is 0 Å². The molecule has 0 aliphatic heterocycles. The van der Waals surface area contributed by atoms with E-state index in [1.807, 2.05) is 26.2 Å². The van der Waals surface area contributed by atoms with Crippen molar-refractivity contribution < 1.29 is 4.74 Å². The van der Waals surface area contributed by atoms with Gasteiger partial charge in [-0.2, -0.15) is 0 Å². The van der Waals surface area contributed by atoms with Crippen molar-refractivity contribution in [3.63, 3.8) is 0 Å². The van der Waals surface area contributed by atoms with E-state index >= 15 is 0 Å². The Bertz CT molecular complexity index is 621. The van der Waals surface area contributed by atoms with Crippen LogP contribution in [0.3, 0.4) is 0 Å². The maximum atomic E-state index is 5.31. The Morgan fingerprint density at radius 3 is 2.68 bits per heavy atom. The molecule has 2 aromatic rings. The van der Waals surface area contributed by atoms with Crippen LogP contribution in [0.15, 0.2) is 17.6 Å². The van der Waals surface area contributed by atoms with Crippen LogP contribution in [0.1, 0.15) is 50.3 Å². The Morgan fingerprint density at radius 2 is 2.05 bits per heavy atom. The van der Waals surface area contributed by atoms with E-state index in [0.29, 0.717) is 6.54 Å². The van der Waals surface area contributed by atoms with Crippen LogP contribution in [-0.2, 0) is 16.7 Å². The predicted molar refractivity (Wildman–Crippen MR) is 90.4 cm³/mol. The van der Waals surface area contributed by atoms with Gasteiger partial charge in [0.05, 0.1) is 12.2 Å². The van der Waals surface area contributed by atoms with Crippen molar-refractivity contribution in [2.75, 3.05) is 19.1 Å². The highest BCUT2D eigenvalue weighted by Gasteiger charge is 2.18. The molecule has 0 spiro atoms. The van der Waals surface area contributed by atoms with Gasteiger partial charge in [0.2, 0.25) is 0 Å². The summed E-state index contributed by atoms with van der Waals surface area (Å²) in [6.45, 7) is 9.07. The summed E-state index contributed by atoms with van der Waals surface area (Å²) >= 11 is 1.63. The number of aromatic nitrogens is 3. The van der Waals surface area contributed by atoms with Gasteiger partial charge >= 0.3 is 0 Å². The minimum Gasteiger partial charge on any atom is -0.375 e. The number of hydrogen-bond donors (Lipinski definition) is 0. The van der Waals surface area contributed by atoms with Crippen molar-refractivity contribution in [2.45, 2.75) is 45.8 Å². The molecule has 0 aliphatic carbocycles. The van der Waals surface area contributed by atoms with E-state index in [9.17, 15) is 0 Å². The third-order valence-electron chi connectivity index (χ3n) is 3.37. The van der Waals surface area contributed by atoms with Gasteiger partial charge in [0.25, 0.3) is 0 Å². The maximum absolute atomic E-state index is 5.31. The van der Waals surface area contributed by atoms with Crippen LogP contribution < -0.4 is 4.90 Å². The molecular weight excluding hydrogens is 296 g/mol. The van der Waals surface area contributed by atoms with Gasteiger partial charge in [-0.15, -0.1) is 11.3 Å². The van der Waals surface area contributed by atoms with Gasteiger partial charge in [0.15, 0.2) is 0 Å². The molecule has 6 heteroatoms. The Balaban J connectivity index is 2.12. The molecule has 2 rings (SSSR count). The molecule has 2 aromatic heterocycles. The van der Waals surface area contributed by atoms with Crippen LogP contribution in [0.5, 0.6) is 0 Å². The van der Waals surface area contributed by atoms with Crippen molar-refractivity contribution in [1.82, 2.24) is 15.0 Å². The van der Waals surface area contributed by atoms with Gasteiger partial charge in [-0.1, -0.05) is 20.8 Å². The van der Waals surface area contributed by atoms with Gasteiger partial charge in [0.1, 0.15) is 22.8 Å². The van der Waals surface area contributed by atoms with Crippen LogP contribution in [0.2, 0.25) is 0 Å². The maximum Gasteiger partial charge on any atom is 0.135 e. The zero-order chi connectivity index (χ0) is 16.3. The second-order valence-electron chi connectivity index (χ2n) is 6.40. The number of methoxy groups -OCH3 is 1. The fourth-order valence-corrected chi connectivity index (χ4v) is 2.77. The van der Waals surface area contributed by atoms with E-state index in [2.05, 4.69) is 46.0 Å². The Labute approximate surface area is 136 Å². The first-order valence-electron chi connectivity index (χ1n) is 7.33. The summed E-state index contributed by atoms with van der Waals surface area (Å²) in [6.07, 6.45) is 1.86. The fourth-order valence-electron chi connectivity index (χ4n) is 1.93. The van der Waals surface area contributed by atoms with Gasteiger partial charge in [-0.3, -0.25) is 0 Å². The molecule has 1 unspecified atom stereocenters. The van der Waals surface area contributed by atoms with E-state index in [1.54, 1.807) is 18.4 Å². The topological polar surface area (TPSA) is 51.1 Å². The van der Waals surface area contributed by atoms with Crippen molar-refractivity contribution in [1.29, 1.82) is 0 Å². The molecule has 0 bridgehead atoms. The average molecular weight is 320 g/mol. The summed E-state index contributed by atoms with van der Waals surface area (Å²) in [5.74, 6) is 1.76. The third-order valence-corrected chi connectivity index (χ3v) is 4.43. The molecule has 1 atom stereocenters. The molecule has 0 saturated carbocycles. The number of hydrogen-bond acceptors (Lipinski definition) is 6. The number of thiazole rings is 1. The van der Waals surface area contributed by atoms with Gasteiger partial charge in [-0.25, -0.2) is 15.0 Å². The highest BCUT2D eigenvalue weighted by Crippen LogP contribution is 2.23. The Morgan fingerprint density at radius 1 is 1.32 bits per heavy atom. The lowest BCUT2D eigenvalue weighted by Gasteiger charge is -2.21. The van der Waals surface area contributed by atoms with E-state index in [0.717, 1.165) is 22.3 Å². The summed E-state index contributed by atoms with van der Waals surface area (Å²) in [7, 11) is 3.72.